The summed E-state index contributed by atoms with van der Waals surface area (Å²) in [7, 11) is 0. The van der Waals surface area contributed by atoms with Gasteiger partial charge in [0.1, 0.15) is 12.7 Å². The second-order valence-corrected chi connectivity index (χ2v) is 3.19. The van der Waals surface area contributed by atoms with Gasteiger partial charge in [-0.05, 0) is 13.2 Å². The fourth-order valence-corrected chi connectivity index (χ4v) is 0.638. The average molecular weight is 886 g/mol. The number of rotatable bonds is 9. The summed E-state index contributed by atoms with van der Waals surface area (Å²) in [6, 6.07) is 0. The van der Waals surface area contributed by atoms with Gasteiger partial charge in [0.2, 0.25) is 0 Å². The Bertz CT molecular complexity index is 227. The summed E-state index contributed by atoms with van der Waals surface area (Å²) in [5, 5.41) is 29.7. The zero-order valence-corrected chi connectivity index (χ0v) is 25.1. The van der Waals surface area contributed by atoms with Crippen molar-refractivity contribution < 1.29 is 61.0 Å². The average Bonchev–Trinajstić information content (AvgIpc) is 2.39. The zero-order valence-electron chi connectivity index (χ0n) is 12.3. The standard InChI is InChI=1S/C7H11F4O4.C2H3F2O.FHO.2Rf/c8-6(9)3-14-1-5(12)2-15-4-7(10,11)13;3-2(4)1-5;1-2;;/h5,12-13H,1-4H2;5H,1H2;2H;;/q2*-1;;;. The second-order valence-electron chi connectivity index (χ2n) is 3.19. The molecular weight excluding hydrogens is 871 g/mol. The van der Waals surface area contributed by atoms with Crippen LogP contribution < -0.4 is 0 Å². The fraction of sp³-hybridized carbons (Fsp3) is 0.778. The van der Waals surface area contributed by atoms with Crippen molar-refractivity contribution in [2.75, 3.05) is 33.0 Å². The van der Waals surface area contributed by atoms with E-state index in [1.807, 2.05) is 0 Å². The van der Waals surface area contributed by atoms with Crippen LogP contribution >= 0.6 is 0 Å². The van der Waals surface area contributed by atoms with E-state index in [1.165, 1.54) is 0 Å². The molecule has 0 rings (SSSR count). The molecule has 0 saturated carbocycles. The number of ether oxygens (including phenoxy) is 2. The summed E-state index contributed by atoms with van der Waals surface area (Å²) in [4.78, 5) is 0. The van der Waals surface area contributed by atoms with Crippen LogP contribution in [0.15, 0.2) is 0 Å². The molecule has 24 heavy (non-hydrogen) atoms. The van der Waals surface area contributed by atoms with Gasteiger partial charge >= 0.3 is 6.11 Å². The number of hydrogen-bond acceptors (Lipinski definition) is 6. The Hall–Kier alpha value is -2.73. The van der Waals surface area contributed by atoms with Crippen LogP contribution in [-0.4, -0.2) is 65.9 Å². The molecule has 6 nitrogen and oxygen atoms in total. The van der Waals surface area contributed by atoms with Crippen molar-refractivity contribution in [2.45, 2.75) is 12.2 Å². The van der Waals surface area contributed by atoms with Crippen molar-refractivity contribution in [2.24, 2.45) is 0 Å². The number of aliphatic hydroxyl groups excluding tert-OH is 2. The third kappa shape index (κ3) is 42.7. The van der Waals surface area contributed by atoms with E-state index in [4.69, 9.17) is 25.2 Å². The van der Waals surface area contributed by atoms with E-state index < -0.39 is 58.1 Å². The van der Waals surface area contributed by atoms with Crippen LogP contribution in [0.4, 0.5) is 30.9 Å². The largest absolute Gasteiger partial charge is 0.423 e. The Morgan fingerprint density at radius 1 is 0.917 bits per heavy atom. The maximum atomic E-state index is 11.7. The van der Waals surface area contributed by atoms with Gasteiger partial charge in [-0.3, -0.25) is 0 Å². The molecule has 142 valence electrons. The number of alkyl halides is 2. The minimum absolute atomic E-state index is 0. The molecular formula is C9H15F7O6Rf2-2. The monoisotopic (exact) mass is 886 g/mol. The van der Waals surface area contributed by atoms with Crippen LogP contribution in [-0.2, 0) is 9.47 Å². The predicted molar refractivity (Wildman–Crippen MR) is 56.1 cm³/mol. The van der Waals surface area contributed by atoms with Crippen molar-refractivity contribution in [3.8, 4) is 0 Å². The minimum Gasteiger partial charge on any atom is -0.423 e. The number of hydrogen-bond donors (Lipinski definition) is 4. The summed E-state index contributed by atoms with van der Waals surface area (Å²) in [6.07, 6.45) is -9.17. The molecule has 0 spiro atoms. The molecule has 0 heterocycles. The summed E-state index contributed by atoms with van der Waals surface area (Å²) < 4.78 is 84.2. The molecule has 0 amide bonds. The van der Waals surface area contributed by atoms with E-state index >= 15 is 0 Å². The van der Waals surface area contributed by atoms with Crippen molar-refractivity contribution in [1.29, 1.82) is 0 Å². The summed E-state index contributed by atoms with van der Waals surface area (Å²) in [6.45, 7) is -4.31. The second kappa shape index (κ2) is 20.3. The van der Waals surface area contributed by atoms with Gasteiger partial charge in [0, 0.05) is 12.9 Å². The van der Waals surface area contributed by atoms with Crippen LogP contribution in [0.25, 0.3) is 0 Å². The van der Waals surface area contributed by atoms with E-state index in [0.29, 0.717) is 0 Å². The SMILES string of the molecule is OC(COC[C-](F)F)COCC(O)(F)F.OC[C-](F)F.OF.[Rf].[Rf]. The number of halogens is 7. The first kappa shape index (κ1) is 33.0. The van der Waals surface area contributed by atoms with E-state index in [-0.39, 0.29) is 0 Å². The minimum atomic E-state index is -3.97. The first-order chi connectivity index (χ1) is 10.1. The predicted octanol–water partition coefficient (Wildman–Crippen LogP) is 0.664. The molecule has 0 aliphatic rings. The molecule has 0 aromatic heterocycles. The number of aliphatic hydroxyl groups is 3. The van der Waals surface area contributed by atoms with Gasteiger partial charge < -0.3 is 42.4 Å². The molecule has 0 radical (unpaired) electrons. The van der Waals surface area contributed by atoms with E-state index in [9.17, 15) is 26.3 Å². The molecule has 0 aliphatic heterocycles. The molecule has 1 unspecified atom stereocenters. The van der Waals surface area contributed by atoms with Crippen LogP contribution in [0.3, 0.4) is 0 Å². The van der Waals surface area contributed by atoms with E-state index in [0.717, 1.165) is 0 Å². The molecule has 1 atom stereocenters. The zero-order chi connectivity index (χ0) is 18.2. The Balaban J connectivity index is -0.000000115. The molecule has 0 aliphatic carbocycles. The Kier molecular flexibility index (Phi) is 27.9. The molecule has 0 saturated heterocycles. The summed E-state index contributed by atoms with van der Waals surface area (Å²) in [5.74, 6) is 0. The Morgan fingerprint density at radius 2 is 1.29 bits per heavy atom. The summed E-state index contributed by atoms with van der Waals surface area (Å²) in [5.41, 5.74) is 0. The van der Waals surface area contributed by atoms with Gasteiger partial charge in [0.05, 0.1) is 13.2 Å². The van der Waals surface area contributed by atoms with Gasteiger partial charge in [-0.25, -0.2) is 5.31 Å². The fourth-order valence-electron chi connectivity index (χ4n) is 0.638. The normalized spacial score (nSPS) is 11.4. The van der Waals surface area contributed by atoms with E-state index in [2.05, 4.69) is 9.47 Å². The first-order valence-electron chi connectivity index (χ1n) is 5.13. The first-order valence-corrected chi connectivity index (χ1v) is 5.13. The Morgan fingerprint density at radius 3 is 1.58 bits per heavy atom. The molecule has 0 fully saturated rings. The maximum Gasteiger partial charge on any atom is 0.376 e. The smallest absolute Gasteiger partial charge is 0.376 e. The third-order valence-electron chi connectivity index (χ3n) is 1.23. The topological polar surface area (TPSA) is 99.4 Å². The van der Waals surface area contributed by atoms with Crippen molar-refractivity contribution in [1.82, 2.24) is 0 Å². The van der Waals surface area contributed by atoms with Gasteiger partial charge in [-0.15, -0.1) is 0 Å². The Labute approximate surface area is 120 Å². The van der Waals surface area contributed by atoms with Crippen molar-refractivity contribution >= 4 is 0 Å². The van der Waals surface area contributed by atoms with Gasteiger partial charge in [-0.2, -0.15) is 8.78 Å². The van der Waals surface area contributed by atoms with Crippen molar-refractivity contribution in [3.05, 3.63) is 12.9 Å². The third-order valence-corrected chi connectivity index (χ3v) is 1.23. The van der Waals surface area contributed by atoms with Crippen LogP contribution in [0.5, 0.6) is 0 Å². The van der Waals surface area contributed by atoms with Crippen LogP contribution in [0.1, 0.15) is 0 Å². The van der Waals surface area contributed by atoms with Gasteiger partial charge in [-0.1, -0.05) is 4.53 Å². The van der Waals surface area contributed by atoms with E-state index in [1.54, 1.807) is 0 Å². The van der Waals surface area contributed by atoms with Crippen molar-refractivity contribution in [3.63, 3.8) is 0 Å². The molecule has 15 heteroatoms. The maximum absolute atomic E-state index is 11.7. The quantitative estimate of drug-likeness (QED) is 0.201. The van der Waals surface area contributed by atoms with Gasteiger partial charge in [0.25, 0.3) is 0 Å². The molecule has 0 aromatic rings. The molecule has 0 bridgehead atoms. The van der Waals surface area contributed by atoms with Crippen LogP contribution in [0, 0.1) is 12.9 Å². The molecule has 0 aromatic carbocycles. The molecule has 4 N–H and O–H groups in total. The summed E-state index contributed by atoms with van der Waals surface area (Å²) >= 11 is 0. The van der Waals surface area contributed by atoms with Crippen LogP contribution in [0.2, 0.25) is 0 Å². The van der Waals surface area contributed by atoms with Gasteiger partial charge in [0.15, 0.2) is 0 Å².